The van der Waals surface area contributed by atoms with Gasteiger partial charge in [0.05, 0.1) is 10.5 Å². The molecule has 3 rings (SSSR count). The molecule has 6 nitrogen and oxygen atoms in total. The zero-order valence-electron chi connectivity index (χ0n) is 15.1. The molecular formula is C19H16F3N5OS. The van der Waals surface area contributed by atoms with Crippen molar-refractivity contribution in [3.8, 4) is 11.4 Å². The Labute approximate surface area is 168 Å². The molecule has 0 fully saturated rings. The maximum absolute atomic E-state index is 12.7. The average molecular weight is 419 g/mol. The number of halogens is 3. The first-order valence-electron chi connectivity index (χ1n) is 8.28. The number of anilines is 3. The quantitative estimate of drug-likeness (QED) is 0.511. The molecule has 1 aromatic heterocycles. The van der Waals surface area contributed by atoms with E-state index >= 15 is 0 Å². The first kappa shape index (κ1) is 20.5. The van der Waals surface area contributed by atoms with Gasteiger partial charge in [-0.25, -0.2) is 14.8 Å². The highest BCUT2D eigenvalue weighted by atomic mass is 32.2. The second-order valence-electron chi connectivity index (χ2n) is 5.88. The van der Waals surface area contributed by atoms with Crippen molar-refractivity contribution in [3.05, 3.63) is 60.3 Å². The van der Waals surface area contributed by atoms with E-state index < -0.39 is 17.8 Å². The van der Waals surface area contributed by atoms with Crippen molar-refractivity contribution in [2.45, 2.75) is 11.1 Å². The lowest BCUT2D eigenvalue weighted by atomic mass is 10.2. The molecule has 0 saturated heterocycles. The fraction of sp³-hybridized carbons (Fsp3) is 0.105. The number of rotatable bonds is 4. The highest BCUT2D eigenvalue weighted by Crippen LogP contribution is 2.30. The second kappa shape index (κ2) is 8.39. The summed E-state index contributed by atoms with van der Waals surface area (Å²) in [6, 6.07) is 10.4. The predicted octanol–water partition coefficient (Wildman–Crippen LogP) is 5.11. The largest absolute Gasteiger partial charge is 0.416 e. The van der Waals surface area contributed by atoms with E-state index in [4.69, 9.17) is 5.73 Å². The fourth-order valence-electron chi connectivity index (χ4n) is 2.45. The van der Waals surface area contributed by atoms with Gasteiger partial charge in [0.2, 0.25) is 0 Å². The highest BCUT2D eigenvalue weighted by molar-refractivity contribution is 7.98. The van der Waals surface area contributed by atoms with Gasteiger partial charge in [-0.15, -0.1) is 11.8 Å². The smallest absolute Gasteiger partial charge is 0.383 e. The Morgan fingerprint density at radius 2 is 1.76 bits per heavy atom. The predicted molar refractivity (Wildman–Crippen MR) is 108 cm³/mol. The summed E-state index contributed by atoms with van der Waals surface area (Å²) < 4.78 is 38.2. The summed E-state index contributed by atoms with van der Waals surface area (Å²) in [5, 5.41) is 4.93. The summed E-state index contributed by atoms with van der Waals surface area (Å²) in [4.78, 5) is 21.3. The minimum atomic E-state index is -4.48. The van der Waals surface area contributed by atoms with E-state index in [2.05, 4.69) is 20.6 Å². The summed E-state index contributed by atoms with van der Waals surface area (Å²) in [5.41, 5.74) is 6.21. The Hall–Kier alpha value is -3.27. The van der Waals surface area contributed by atoms with Crippen molar-refractivity contribution in [2.24, 2.45) is 0 Å². The molecule has 0 aliphatic rings. The van der Waals surface area contributed by atoms with Gasteiger partial charge in [0, 0.05) is 23.1 Å². The maximum Gasteiger partial charge on any atom is 0.416 e. The van der Waals surface area contributed by atoms with Gasteiger partial charge in [0.15, 0.2) is 5.82 Å². The molecule has 0 radical (unpaired) electrons. The van der Waals surface area contributed by atoms with Crippen LogP contribution in [-0.2, 0) is 6.18 Å². The molecule has 0 aliphatic heterocycles. The Morgan fingerprint density at radius 3 is 2.38 bits per heavy atom. The monoisotopic (exact) mass is 419 g/mol. The number of thioether (sulfide) groups is 1. The second-order valence-corrected chi connectivity index (χ2v) is 6.73. The number of alkyl halides is 3. The third-order valence-electron chi connectivity index (χ3n) is 3.85. The van der Waals surface area contributed by atoms with Crippen LogP contribution >= 0.6 is 11.8 Å². The molecule has 2 amide bonds. The number of benzene rings is 2. The number of carbonyl (C=O) groups is 1. The molecule has 0 bridgehead atoms. The Bertz CT molecular complexity index is 1030. The Kier molecular flexibility index (Phi) is 5.92. The van der Waals surface area contributed by atoms with Crippen LogP contribution in [0.5, 0.6) is 0 Å². The standard InChI is InChI=1S/C19H16F3N5OS/c1-29-15-10-24-17(27-16(15)23)11-5-7-13(8-6-11)25-18(28)26-14-4-2-3-12(9-14)19(20,21)22/h2-10H,1H3,(H2,23,24,27)(H2,25,26,28). The van der Waals surface area contributed by atoms with E-state index in [-0.39, 0.29) is 5.69 Å². The lowest BCUT2D eigenvalue weighted by Crippen LogP contribution is -2.19. The van der Waals surface area contributed by atoms with Gasteiger partial charge in [-0.05, 0) is 48.7 Å². The molecule has 29 heavy (non-hydrogen) atoms. The van der Waals surface area contributed by atoms with Crippen LogP contribution in [0.1, 0.15) is 5.56 Å². The van der Waals surface area contributed by atoms with Crippen molar-refractivity contribution < 1.29 is 18.0 Å². The van der Waals surface area contributed by atoms with Crippen LogP contribution < -0.4 is 16.4 Å². The van der Waals surface area contributed by atoms with E-state index in [1.807, 2.05) is 6.26 Å². The summed E-state index contributed by atoms with van der Waals surface area (Å²) in [7, 11) is 0. The van der Waals surface area contributed by atoms with Gasteiger partial charge in [-0.2, -0.15) is 13.2 Å². The van der Waals surface area contributed by atoms with Gasteiger partial charge < -0.3 is 16.4 Å². The van der Waals surface area contributed by atoms with E-state index in [1.165, 1.54) is 23.9 Å². The van der Waals surface area contributed by atoms with Gasteiger partial charge in [0.25, 0.3) is 0 Å². The summed E-state index contributed by atoms with van der Waals surface area (Å²) >= 11 is 1.44. The van der Waals surface area contributed by atoms with Crippen molar-refractivity contribution in [1.29, 1.82) is 0 Å². The number of urea groups is 1. The number of carbonyl (C=O) groups excluding carboxylic acids is 1. The lowest BCUT2D eigenvalue weighted by Gasteiger charge is -2.11. The third-order valence-corrected chi connectivity index (χ3v) is 4.61. The number of nitrogens with zero attached hydrogens (tertiary/aromatic N) is 2. The summed E-state index contributed by atoms with van der Waals surface area (Å²) in [6.45, 7) is 0. The first-order valence-corrected chi connectivity index (χ1v) is 9.51. The molecule has 0 aliphatic carbocycles. The normalized spacial score (nSPS) is 11.2. The van der Waals surface area contributed by atoms with Crippen molar-refractivity contribution in [2.75, 3.05) is 22.6 Å². The third kappa shape index (κ3) is 5.17. The van der Waals surface area contributed by atoms with Crippen LogP contribution in [0.15, 0.2) is 59.6 Å². The van der Waals surface area contributed by atoms with Crippen molar-refractivity contribution in [1.82, 2.24) is 9.97 Å². The van der Waals surface area contributed by atoms with Crippen molar-refractivity contribution >= 4 is 35.0 Å². The van der Waals surface area contributed by atoms with E-state index in [1.54, 1.807) is 30.5 Å². The molecular weight excluding hydrogens is 403 g/mol. The van der Waals surface area contributed by atoms with E-state index in [0.717, 1.165) is 17.0 Å². The Balaban J connectivity index is 1.67. The minimum Gasteiger partial charge on any atom is -0.383 e. The van der Waals surface area contributed by atoms with Crippen LogP contribution in [0.25, 0.3) is 11.4 Å². The van der Waals surface area contributed by atoms with Crippen LogP contribution in [0, 0.1) is 0 Å². The summed E-state index contributed by atoms with van der Waals surface area (Å²) in [6.07, 6.45) is -0.972. The molecule has 0 saturated carbocycles. The van der Waals surface area contributed by atoms with Gasteiger partial charge in [0.1, 0.15) is 5.82 Å². The lowest BCUT2D eigenvalue weighted by molar-refractivity contribution is -0.137. The average Bonchev–Trinajstić information content (AvgIpc) is 2.68. The molecule has 2 aromatic carbocycles. The topological polar surface area (TPSA) is 92.9 Å². The summed E-state index contributed by atoms with van der Waals surface area (Å²) in [5.74, 6) is 0.824. The molecule has 150 valence electrons. The number of nitrogens with two attached hydrogens (primary N) is 1. The van der Waals surface area contributed by atoms with Crippen molar-refractivity contribution in [3.63, 3.8) is 0 Å². The molecule has 0 atom stereocenters. The Morgan fingerprint density at radius 1 is 1.07 bits per heavy atom. The SMILES string of the molecule is CSc1cnc(-c2ccc(NC(=O)Nc3cccc(C(F)(F)F)c3)cc2)nc1N. The number of hydrogen-bond acceptors (Lipinski definition) is 5. The molecule has 3 aromatic rings. The molecule has 0 spiro atoms. The number of nitrogens with one attached hydrogen (secondary N) is 2. The molecule has 10 heteroatoms. The zero-order chi connectivity index (χ0) is 21.0. The number of amides is 2. The van der Waals surface area contributed by atoms with Gasteiger partial charge in [-0.1, -0.05) is 6.07 Å². The first-order chi connectivity index (χ1) is 13.8. The van der Waals surface area contributed by atoms with Crippen LogP contribution in [0.2, 0.25) is 0 Å². The van der Waals surface area contributed by atoms with E-state index in [0.29, 0.717) is 22.9 Å². The molecule has 1 heterocycles. The van der Waals surface area contributed by atoms with E-state index in [9.17, 15) is 18.0 Å². The van der Waals surface area contributed by atoms with Crippen LogP contribution in [0.4, 0.5) is 35.2 Å². The maximum atomic E-state index is 12.7. The van der Waals surface area contributed by atoms with Gasteiger partial charge >= 0.3 is 12.2 Å². The van der Waals surface area contributed by atoms with Crippen LogP contribution in [-0.4, -0.2) is 22.3 Å². The highest BCUT2D eigenvalue weighted by Gasteiger charge is 2.30. The van der Waals surface area contributed by atoms with Gasteiger partial charge in [-0.3, -0.25) is 0 Å². The molecule has 0 unspecified atom stereocenters. The number of hydrogen-bond donors (Lipinski definition) is 3. The minimum absolute atomic E-state index is 0.0340. The van der Waals surface area contributed by atoms with Crippen LogP contribution in [0.3, 0.4) is 0 Å². The fourth-order valence-corrected chi connectivity index (χ4v) is 2.86. The number of aromatic nitrogens is 2. The number of nitrogen functional groups attached to an aromatic ring is 1. The zero-order valence-corrected chi connectivity index (χ0v) is 15.9. The molecule has 4 N–H and O–H groups in total.